The third-order valence-corrected chi connectivity index (χ3v) is 4.30. The molecule has 0 amide bonds. The van der Waals surface area contributed by atoms with E-state index in [0.717, 1.165) is 34.3 Å². The molecule has 1 aromatic rings. The first-order chi connectivity index (χ1) is 8.41. The molecular weight excluding hydrogens is 246 g/mol. The summed E-state index contributed by atoms with van der Waals surface area (Å²) in [6.07, 6.45) is 0.875. The van der Waals surface area contributed by atoms with Crippen molar-refractivity contribution in [3.8, 4) is 0 Å². The molecule has 0 aromatic carbocycles. The van der Waals surface area contributed by atoms with Gasteiger partial charge in [0.15, 0.2) is 5.16 Å². The van der Waals surface area contributed by atoms with Crippen LogP contribution in [0.4, 0.5) is 0 Å². The van der Waals surface area contributed by atoms with E-state index in [0.29, 0.717) is 0 Å². The Kier molecular flexibility index (Phi) is 5.56. The molecule has 1 aromatic heterocycles. The Morgan fingerprint density at radius 2 is 1.78 bits per heavy atom. The van der Waals surface area contributed by atoms with Gasteiger partial charge in [0.1, 0.15) is 0 Å². The number of rotatable bonds is 6. The van der Waals surface area contributed by atoms with E-state index in [2.05, 4.69) is 15.3 Å². The predicted octanol–water partition coefficient (Wildman–Crippen LogP) is 1.85. The molecule has 5 heteroatoms. The van der Waals surface area contributed by atoms with Crippen LogP contribution in [0.2, 0.25) is 0 Å². The second kappa shape index (κ2) is 6.50. The van der Waals surface area contributed by atoms with Crippen LogP contribution in [-0.4, -0.2) is 40.0 Å². The number of aliphatic hydroxyl groups is 1. The van der Waals surface area contributed by atoms with Gasteiger partial charge in [-0.3, -0.25) is 0 Å². The minimum absolute atomic E-state index is 0.136. The maximum absolute atomic E-state index is 9.30. The van der Waals surface area contributed by atoms with Gasteiger partial charge < -0.3 is 10.4 Å². The van der Waals surface area contributed by atoms with Crippen LogP contribution >= 0.6 is 11.8 Å². The van der Waals surface area contributed by atoms with E-state index >= 15 is 0 Å². The second-order valence-electron chi connectivity index (χ2n) is 4.87. The average Bonchev–Trinajstić information content (AvgIpc) is 2.35. The third-order valence-electron chi connectivity index (χ3n) is 3.45. The van der Waals surface area contributed by atoms with Crippen molar-refractivity contribution >= 4 is 11.8 Å². The van der Waals surface area contributed by atoms with Crippen molar-refractivity contribution in [1.82, 2.24) is 15.3 Å². The lowest BCUT2D eigenvalue weighted by atomic mass is 10.0. The monoisotopic (exact) mass is 269 g/mol. The van der Waals surface area contributed by atoms with Crippen LogP contribution in [0.15, 0.2) is 5.16 Å². The molecule has 2 N–H and O–H groups in total. The summed E-state index contributed by atoms with van der Waals surface area (Å²) in [6, 6.07) is 0. The lowest BCUT2D eigenvalue weighted by Crippen LogP contribution is -2.43. The van der Waals surface area contributed by atoms with E-state index in [-0.39, 0.29) is 12.1 Å². The maximum atomic E-state index is 9.30. The van der Waals surface area contributed by atoms with Gasteiger partial charge >= 0.3 is 0 Å². The molecule has 1 rings (SSSR count). The zero-order chi connectivity index (χ0) is 13.8. The molecule has 0 fully saturated rings. The van der Waals surface area contributed by atoms with Crippen LogP contribution in [0.3, 0.4) is 0 Å². The van der Waals surface area contributed by atoms with Crippen molar-refractivity contribution < 1.29 is 5.11 Å². The lowest BCUT2D eigenvalue weighted by Gasteiger charge is -2.26. The summed E-state index contributed by atoms with van der Waals surface area (Å²) in [6.45, 7) is 8.22. The van der Waals surface area contributed by atoms with E-state index in [1.807, 2.05) is 34.7 Å². The number of aliphatic hydroxyl groups excluding tert-OH is 1. The van der Waals surface area contributed by atoms with Crippen molar-refractivity contribution in [2.45, 2.75) is 44.8 Å². The van der Waals surface area contributed by atoms with Crippen LogP contribution in [0.1, 0.15) is 30.3 Å². The molecule has 0 aliphatic rings. The third kappa shape index (κ3) is 3.93. The predicted molar refractivity (Wildman–Crippen MR) is 76.1 cm³/mol. The summed E-state index contributed by atoms with van der Waals surface area (Å²) in [5.41, 5.74) is 3.03. The Hall–Kier alpha value is -0.650. The van der Waals surface area contributed by atoms with Gasteiger partial charge in [0.25, 0.3) is 0 Å². The highest BCUT2D eigenvalue weighted by Crippen LogP contribution is 2.20. The van der Waals surface area contributed by atoms with Gasteiger partial charge in [-0.25, -0.2) is 9.97 Å². The number of thioether (sulfide) groups is 1. The molecule has 1 unspecified atom stereocenters. The molecule has 0 aliphatic carbocycles. The Balaban J connectivity index is 2.60. The van der Waals surface area contributed by atoms with Crippen LogP contribution in [-0.2, 0) is 0 Å². The zero-order valence-corrected chi connectivity index (χ0v) is 12.7. The fourth-order valence-corrected chi connectivity index (χ4v) is 2.59. The highest BCUT2D eigenvalue weighted by molar-refractivity contribution is 7.99. The number of nitrogens with one attached hydrogen (secondary N) is 1. The molecule has 0 bridgehead atoms. The summed E-state index contributed by atoms with van der Waals surface area (Å²) < 4.78 is 0. The first-order valence-electron chi connectivity index (χ1n) is 6.16. The molecule has 0 saturated heterocycles. The van der Waals surface area contributed by atoms with Crippen LogP contribution in [0, 0.1) is 20.8 Å². The molecule has 4 nitrogen and oxygen atoms in total. The Morgan fingerprint density at radius 3 is 2.22 bits per heavy atom. The van der Waals surface area contributed by atoms with Gasteiger partial charge in [-0.15, -0.1) is 0 Å². The molecular formula is C13H23N3OS. The van der Waals surface area contributed by atoms with Gasteiger partial charge in [0, 0.05) is 22.7 Å². The fraction of sp³-hybridized carbons (Fsp3) is 0.692. The molecule has 18 heavy (non-hydrogen) atoms. The molecule has 0 radical (unpaired) electrons. The number of aryl methyl sites for hydroxylation is 2. The average molecular weight is 269 g/mol. The van der Waals surface area contributed by atoms with Crippen molar-refractivity contribution in [1.29, 1.82) is 0 Å². The number of hydrogen-bond acceptors (Lipinski definition) is 5. The topological polar surface area (TPSA) is 58.0 Å². The van der Waals surface area contributed by atoms with E-state index in [1.54, 1.807) is 11.8 Å². The summed E-state index contributed by atoms with van der Waals surface area (Å²) in [5, 5.41) is 13.3. The summed E-state index contributed by atoms with van der Waals surface area (Å²) in [4.78, 5) is 8.95. The molecule has 0 aliphatic heterocycles. The van der Waals surface area contributed by atoms with Crippen molar-refractivity contribution in [3.63, 3.8) is 0 Å². The Bertz CT molecular complexity index is 382. The highest BCUT2D eigenvalue weighted by Gasteiger charge is 2.20. The van der Waals surface area contributed by atoms with Gasteiger partial charge in [0.2, 0.25) is 0 Å². The zero-order valence-electron chi connectivity index (χ0n) is 11.9. The standard InChI is InChI=1S/C13H23N3OS/c1-9-10(2)15-12(16-11(9)3)18-7-6-13(4,8-17)14-5/h14,17H,6-8H2,1-5H3. The number of aromatic nitrogens is 2. The Morgan fingerprint density at radius 1 is 1.22 bits per heavy atom. The van der Waals surface area contributed by atoms with Gasteiger partial charge in [0.05, 0.1) is 6.61 Å². The number of hydrogen-bond donors (Lipinski definition) is 2. The van der Waals surface area contributed by atoms with Crippen molar-refractivity contribution in [2.24, 2.45) is 0 Å². The minimum atomic E-state index is -0.220. The van der Waals surface area contributed by atoms with Crippen molar-refractivity contribution in [3.05, 3.63) is 17.0 Å². The van der Waals surface area contributed by atoms with E-state index in [1.165, 1.54) is 0 Å². The molecule has 102 valence electrons. The number of likely N-dealkylation sites (N-methyl/N-ethyl adjacent to an activating group) is 1. The van der Waals surface area contributed by atoms with Crippen LogP contribution in [0.25, 0.3) is 0 Å². The van der Waals surface area contributed by atoms with Gasteiger partial charge in [-0.1, -0.05) is 11.8 Å². The van der Waals surface area contributed by atoms with Gasteiger partial charge in [-0.05, 0) is 46.7 Å². The first-order valence-corrected chi connectivity index (χ1v) is 7.15. The number of nitrogens with zero attached hydrogens (tertiary/aromatic N) is 2. The van der Waals surface area contributed by atoms with Crippen LogP contribution in [0.5, 0.6) is 0 Å². The molecule has 0 saturated carbocycles. The SMILES string of the molecule is CNC(C)(CO)CCSc1nc(C)c(C)c(C)n1. The largest absolute Gasteiger partial charge is 0.394 e. The second-order valence-corrected chi connectivity index (χ2v) is 5.93. The molecule has 1 heterocycles. The summed E-state index contributed by atoms with van der Waals surface area (Å²) in [7, 11) is 1.87. The smallest absolute Gasteiger partial charge is 0.187 e. The van der Waals surface area contributed by atoms with E-state index in [9.17, 15) is 5.11 Å². The van der Waals surface area contributed by atoms with E-state index < -0.39 is 0 Å². The summed E-state index contributed by atoms with van der Waals surface area (Å²) >= 11 is 1.64. The van der Waals surface area contributed by atoms with Crippen molar-refractivity contribution in [2.75, 3.05) is 19.4 Å². The van der Waals surface area contributed by atoms with Gasteiger partial charge in [-0.2, -0.15) is 0 Å². The van der Waals surface area contributed by atoms with E-state index in [4.69, 9.17) is 0 Å². The fourth-order valence-electron chi connectivity index (χ4n) is 1.46. The molecule has 0 spiro atoms. The lowest BCUT2D eigenvalue weighted by molar-refractivity contribution is 0.179. The summed E-state index contributed by atoms with van der Waals surface area (Å²) in [5.74, 6) is 0.889. The first kappa shape index (κ1) is 15.4. The normalized spacial score (nSPS) is 14.6. The minimum Gasteiger partial charge on any atom is -0.394 e. The quantitative estimate of drug-likeness (QED) is 0.610. The van der Waals surface area contributed by atoms with Crippen LogP contribution < -0.4 is 5.32 Å². The maximum Gasteiger partial charge on any atom is 0.187 e. The molecule has 1 atom stereocenters. The Labute approximate surface area is 114 Å². The highest BCUT2D eigenvalue weighted by atomic mass is 32.2.